The Morgan fingerprint density at radius 3 is 2.74 bits per heavy atom. The summed E-state index contributed by atoms with van der Waals surface area (Å²) in [6.45, 7) is 3.58. The van der Waals surface area contributed by atoms with E-state index in [-0.39, 0.29) is 17.2 Å². The van der Waals surface area contributed by atoms with Gasteiger partial charge >= 0.3 is 15.6 Å². The molecule has 2 fully saturated rings. The van der Waals surface area contributed by atoms with E-state index in [2.05, 4.69) is 23.1 Å². The predicted octanol–water partition coefficient (Wildman–Crippen LogP) is 2.98. The highest BCUT2D eigenvalue weighted by atomic mass is 32.2. The van der Waals surface area contributed by atoms with E-state index in [0.29, 0.717) is 13.0 Å². The van der Waals surface area contributed by atoms with Crippen molar-refractivity contribution >= 4 is 10.1 Å². The highest BCUT2D eigenvalue weighted by molar-refractivity contribution is 7.88. The SMILES string of the molecule is CN1CC[C@]23CCCO[C@@]2(C)[C@H]1Cc1ccc(OS(=O)(=O)C(F)(F)F)cc13. The quantitative estimate of drug-likeness (QED) is 0.559. The molecule has 0 radical (unpaired) electrons. The summed E-state index contributed by atoms with van der Waals surface area (Å²) >= 11 is 0. The normalized spacial score (nSPS) is 33.9. The van der Waals surface area contributed by atoms with Crippen molar-refractivity contribution in [2.24, 2.45) is 0 Å². The van der Waals surface area contributed by atoms with E-state index in [9.17, 15) is 21.6 Å². The van der Waals surface area contributed by atoms with Crippen LogP contribution in [0.3, 0.4) is 0 Å². The van der Waals surface area contributed by atoms with Crippen molar-refractivity contribution in [2.75, 3.05) is 20.2 Å². The molecule has 2 saturated heterocycles. The number of halogens is 3. The van der Waals surface area contributed by atoms with Gasteiger partial charge in [0.2, 0.25) is 0 Å². The molecule has 0 aromatic heterocycles. The van der Waals surface area contributed by atoms with Crippen LogP contribution in [0.2, 0.25) is 0 Å². The molecule has 2 aliphatic heterocycles. The first-order chi connectivity index (χ1) is 12.5. The van der Waals surface area contributed by atoms with Gasteiger partial charge in [-0.15, -0.1) is 0 Å². The fraction of sp³-hybridized carbons (Fsp3) is 0.667. The molecule has 3 atom stereocenters. The minimum Gasteiger partial charge on any atom is -0.376 e. The lowest BCUT2D eigenvalue weighted by Gasteiger charge is -2.64. The van der Waals surface area contributed by atoms with Crippen molar-refractivity contribution in [2.45, 2.75) is 55.2 Å². The molecule has 0 N–H and O–H groups in total. The standard InChI is InChI=1S/C18H22F3NO4S/c1-16-15-10-12-4-5-13(26-27(23,24)18(19,20)21)11-14(12)17(16,6-3-9-25-16)7-8-22(15)2/h4-5,11,15H,3,6-10H2,1-2H3/t15-,16+,17+/m1/s1. The molecule has 3 aliphatic rings. The summed E-state index contributed by atoms with van der Waals surface area (Å²) in [6, 6.07) is 4.65. The Morgan fingerprint density at radius 2 is 2.04 bits per heavy atom. The summed E-state index contributed by atoms with van der Waals surface area (Å²) in [5.41, 5.74) is -4.39. The first-order valence-electron chi connectivity index (χ1n) is 8.99. The van der Waals surface area contributed by atoms with E-state index in [0.717, 1.165) is 36.9 Å². The van der Waals surface area contributed by atoms with E-state index in [1.165, 1.54) is 12.1 Å². The van der Waals surface area contributed by atoms with Crippen LogP contribution in [0.25, 0.3) is 0 Å². The highest BCUT2D eigenvalue weighted by Gasteiger charge is 2.62. The van der Waals surface area contributed by atoms with Crippen LogP contribution < -0.4 is 4.18 Å². The van der Waals surface area contributed by atoms with Crippen LogP contribution in [0.15, 0.2) is 18.2 Å². The molecule has 1 aliphatic carbocycles. The zero-order chi connectivity index (χ0) is 19.7. The summed E-state index contributed by atoms with van der Waals surface area (Å²) in [7, 11) is -3.63. The van der Waals surface area contributed by atoms with E-state index in [4.69, 9.17) is 4.74 Å². The Balaban J connectivity index is 1.81. The monoisotopic (exact) mass is 405 g/mol. The Morgan fingerprint density at radius 1 is 1.30 bits per heavy atom. The molecule has 2 heterocycles. The molecule has 150 valence electrons. The molecule has 2 bridgehead atoms. The number of rotatable bonds is 2. The summed E-state index contributed by atoms with van der Waals surface area (Å²) in [6.07, 6.45) is 3.23. The number of likely N-dealkylation sites (tertiary alicyclic amines) is 1. The van der Waals surface area contributed by atoms with Crippen LogP contribution >= 0.6 is 0 Å². The molecule has 27 heavy (non-hydrogen) atoms. The lowest BCUT2D eigenvalue weighted by molar-refractivity contribution is -0.193. The summed E-state index contributed by atoms with van der Waals surface area (Å²) in [5, 5.41) is 0. The zero-order valence-electron chi connectivity index (χ0n) is 15.2. The predicted molar refractivity (Wildman–Crippen MR) is 92.1 cm³/mol. The molecule has 9 heteroatoms. The van der Waals surface area contributed by atoms with Gasteiger partial charge in [0.1, 0.15) is 5.75 Å². The molecule has 4 rings (SSSR count). The molecule has 1 aromatic carbocycles. The third kappa shape index (κ3) is 2.61. The summed E-state index contributed by atoms with van der Waals surface area (Å²) < 4.78 is 71.6. The Hall–Kier alpha value is -1.32. The fourth-order valence-corrected chi connectivity index (χ4v) is 5.73. The van der Waals surface area contributed by atoms with Crippen molar-refractivity contribution in [1.29, 1.82) is 0 Å². The lowest BCUT2D eigenvalue weighted by atomic mass is 9.52. The van der Waals surface area contributed by atoms with Crippen LogP contribution in [-0.4, -0.2) is 50.7 Å². The largest absolute Gasteiger partial charge is 0.534 e. The van der Waals surface area contributed by atoms with Crippen molar-refractivity contribution in [3.63, 3.8) is 0 Å². The van der Waals surface area contributed by atoms with Crippen LogP contribution in [0.4, 0.5) is 13.2 Å². The zero-order valence-corrected chi connectivity index (χ0v) is 16.0. The van der Waals surface area contributed by atoms with Crippen LogP contribution in [-0.2, 0) is 26.7 Å². The summed E-state index contributed by atoms with van der Waals surface area (Å²) in [5.74, 6) is -0.300. The molecule has 0 amide bonds. The summed E-state index contributed by atoms with van der Waals surface area (Å²) in [4.78, 5) is 2.28. The smallest absolute Gasteiger partial charge is 0.376 e. The Labute approximate surface area is 156 Å². The number of hydrogen-bond acceptors (Lipinski definition) is 5. The van der Waals surface area contributed by atoms with Gasteiger partial charge < -0.3 is 13.8 Å². The minimum absolute atomic E-state index is 0.171. The van der Waals surface area contributed by atoms with E-state index in [1.807, 2.05) is 0 Å². The van der Waals surface area contributed by atoms with E-state index in [1.54, 1.807) is 6.07 Å². The molecule has 0 saturated carbocycles. The third-order valence-electron chi connectivity index (χ3n) is 6.66. The maximum atomic E-state index is 12.7. The molecule has 5 nitrogen and oxygen atoms in total. The first-order valence-corrected chi connectivity index (χ1v) is 10.4. The second-order valence-electron chi connectivity index (χ2n) is 7.89. The van der Waals surface area contributed by atoms with Crippen LogP contribution in [0.1, 0.15) is 37.3 Å². The number of fused-ring (bicyclic) bond motifs is 1. The van der Waals surface area contributed by atoms with Gasteiger partial charge in [-0.3, -0.25) is 0 Å². The number of piperidine rings is 1. The van der Waals surface area contributed by atoms with Crippen LogP contribution in [0, 0.1) is 0 Å². The average molecular weight is 405 g/mol. The van der Waals surface area contributed by atoms with Crippen molar-refractivity contribution in [3.05, 3.63) is 29.3 Å². The molecular formula is C18H22F3NO4S. The fourth-order valence-electron chi connectivity index (χ4n) is 5.28. The van der Waals surface area contributed by atoms with Gasteiger partial charge in [-0.2, -0.15) is 21.6 Å². The first kappa shape index (κ1) is 19.0. The molecule has 1 aromatic rings. The maximum Gasteiger partial charge on any atom is 0.534 e. The number of ether oxygens (including phenoxy) is 1. The van der Waals surface area contributed by atoms with Gasteiger partial charge in [0.05, 0.1) is 5.60 Å². The third-order valence-corrected chi connectivity index (χ3v) is 7.64. The van der Waals surface area contributed by atoms with Gasteiger partial charge in [-0.1, -0.05) is 6.07 Å². The van der Waals surface area contributed by atoms with Crippen molar-refractivity contribution < 1.29 is 30.5 Å². The number of benzene rings is 1. The molecule has 0 spiro atoms. The second kappa shape index (κ2) is 5.84. The van der Waals surface area contributed by atoms with Crippen molar-refractivity contribution in [1.82, 2.24) is 4.90 Å². The van der Waals surface area contributed by atoms with Gasteiger partial charge in [0, 0.05) is 18.1 Å². The Kier molecular flexibility index (Phi) is 4.11. The minimum atomic E-state index is -5.69. The highest BCUT2D eigenvalue weighted by Crippen LogP contribution is 2.57. The van der Waals surface area contributed by atoms with E-state index >= 15 is 0 Å². The topological polar surface area (TPSA) is 55.8 Å². The number of hydrogen-bond donors (Lipinski definition) is 0. The maximum absolute atomic E-state index is 12.7. The average Bonchev–Trinajstić information content (AvgIpc) is 2.57. The molecular weight excluding hydrogens is 383 g/mol. The van der Waals surface area contributed by atoms with Gasteiger partial charge in [-0.25, -0.2) is 0 Å². The number of likely N-dealkylation sites (N-methyl/N-ethyl adjacent to an activating group) is 1. The van der Waals surface area contributed by atoms with Gasteiger partial charge in [0.15, 0.2) is 0 Å². The van der Waals surface area contributed by atoms with Gasteiger partial charge in [-0.05, 0) is 69.5 Å². The second-order valence-corrected chi connectivity index (χ2v) is 9.43. The number of nitrogens with zero attached hydrogens (tertiary/aromatic N) is 1. The molecule has 0 unspecified atom stereocenters. The van der Waals surface area contributed by atoms with Crippen LogP contribution in [0.5, 0.6) is 5.75 Å². The lowest BCUT2D eigenvalue weighted by Crippen LogP contribution is -2.71. The van der Waals surface area contributed by atoms with Gasteiger partial charge in [0.25, 0.3) is 0 Å². The number of alkyl halides is 3. The Bertz CT molecular complexity index is 872. The van der Waals surface area contributed by atoms with E-state index < -0.39 is 21.2 Å². The van der Waals surface area contributed by atoms with Crippen molar-refractivity contribution in [3.8, 4) is 5.75 Å².